The summed E-state index contributed by atoms with van der Waals surface area (Å²) in [6.45, 7) is 0.967. The highest BCUT2D eigenvalue weighted by Gasteiger charge is 2.16. The quantitative estimate of drug-likeness (QED) is 0.576. The molecule has 2 heterocycles. The van der Waals surface area contributed by atoms with Gasteiger partial charge in [0.1, 0.15) is 0 Å². The molecule has 0 radical (unpaired) electrons. The first kappa shape index (κ1) is 22.0. The van der Waals surface area contributed by atoms with E-state index in [1.54, 1.807) is 0 Å². The third-order valence-corrected chi connectivity index (χ3v) is 6.08. The molecular formula is C23H33ClN2S. The van der Waals surface area contributed by atoms with Crippen LogP contribution in [0.4, 0.5) is 0 Å². The maximum absolute atomic E-state index is 4.97. The van der Waals surface area contributed by atoms with Gasteiger partial charge in [0.2, 0.25) is 0 Å². The van der Waals surface area contributed by atoms with E-state index < -0.39 is 0 Å². The van der Waals surface area contributed by atoms with Crippen molar-refractivity contribution in [2.45, 2.75) is 70.3 Å². The van der Waals surface area contributed by atoms with Crippen LogP contribution in [0.2, 0.25) is 0 Å². The number of halogens is 1. The molecule has 0 fully saturated rings. The van der Waals surface area contributed by atoms with Crippen LogP contribution in [0.1, 0.15) is 80.7 Å². The third-order valence-electron chi connectivity index (χ3n) is 5.15. The Balaban J connectivity index is 0.00000261. The Bertz CT molecular complexity index is 640. The molecular weight excluding hydrogens is 372 g/mol. The number of nitrogens with one attached hydrogen (secondary N) is 1. The van der Waals surface area contributed by atoms with E-state index in [1.165, 1.54) is 74.1 Å². The molecule has 1 aliphatic rings. The SMILES string of the molecule is Cl.c1ccc(C(NC2=NCCCCCCCCCCC2)c2cccs2)cc1. The lowest BCUT2D eigenvalue weighted by molar-refractivity contribution is 0.567. The summed E-state index contributed by atoms with van der Waals surface area (Å²) < 4.78 is 0. The first-order chi connectivity index (χ1) is 12.9. The van der Waals surface area contributed by atoms with E-state index in [0.717, 1.165) is 13.0 Å². The molecule has 27 heavy (non-hydrogen) atoms. The van der Waals surface area contributed by atoms with Crippen molar-refractivity contribution in [1.82, 2.24) is 5.32 Å². The van der Waals surface area contributed by atoms with Crippen LogP contribution in [-0.2, 0) is 0 Å². The van der Waals surface area contributed by atoms with Crippen molar-refractivity contribution < 1.29 is 0 Å². The number of thiophene rings is 1. The fraction of sp³-hybridized carbons (Fsp3) is 0.522. The zero-order valence-electron chi connectivity index (χ0n) is 16.2. The second-order valence-corrected chi connectivity index (χ2v) is 8.24. The van der Waals surface area contributed by atoms with Gasteiger partial charge in [0, 0.05) is 17.8 Å². The van der Waals surface area contributed by atoms with Crippen LogP contribution in [-0.4, -0.2) is 12.4 Å². The lowest BCUT2D eigenvalue weighted by Gasteiger charge is -2.21. The van der Waals surface area contributed by atoms with E-state index in [1.807, 2.05) is 11.3 Å². The topological polar surface area (TPSA) is 24.4 Å². The molecule has 0 aliphatic carbocycles. The molecule has 1 aromatic heterocycles. The zero-order valence-corrected chi connectivity index (χ0v) is 17.9. The molecule has 3 rings (SSSR count). The van der Waals surface area contributed by atoms with Gasteiger partial charge in [-0.3, -0.25) is 4.99 Å². The third kappa shape index (κ3) is 7.67. The van der Waals surface area contributed by atoms with Crippen LogP contribution in [0.5, 0.6) is 0 Å². The van der Waals surface area contributed by atoms with Crippen LogP contribution in [0.25, 0.3) is 0 Å². The summed E-state index contributed by atoms with van der Waals surface area (Å²) in [6, 6.07) is 15.4. The maximum atomic E-state index is 4.97. The van der Waals surface area contributed by atoms with Gasteiger partial charge < -0.3 is 5.32 Å². The number of nitrogens with zero attached hydrogens (tertiary/aromatic N) is 1. The summed E-state index contributed by atoms with van der Waals surface area (Å²) in [6.07, 6.45) is 13.2. The van der Waals surface area contributed by atoms with Crippen molar-refractivity contribution >= 4 is 29.6 Å². The highest BCUT2D eigenvalue weighted by Crippen LogP contribution is 2.26. The van der Waals surface area contributed by atoms with Crippen LogP contribution < -0.4 is 5.32 Å². The molecule has 2 aromatic rings. The first-order valence-electron chi connectivity index (χ1n) is 10.3. The van der Waals surface area contributed by atoms with Crippen molar-refractivity contribution in [3.63, 3.8) is 0 Å². The first-order valence-corrected chi connectivity index (χ1v) is 11.2. The van der Waals surface area contributed by atoms with Gasteiger partial charge in [0.15, 0.2) is 0 Å². The molecule has 2 nitrogen and oxygen atoms in total. The Morgan fingerprint density at radius 1 is 0.778 bits per heavy atom. The summed E-state index contributed by atoms with van der Waals surface area (Å²) in [5, 5.41) is 5.97. The van der Waals surface area contributed by atoms with E-state index in [9.17, 15) is 0 Å². The average Bonchev–Trinajstić information content (AvgIpc) is 3.21. The van der Waals surface area contributed by atoms with Crippen molar-refractivity contribution in [2.75, 3.05) is 6.54 Å². The van der Waals surface area contributed by atoms with Gasteiger partial charge in [0.05, 0.1) is 11.9 Å². The zero-order chi connectivity index (χ0) is 17.9. The molecule has 0 spiro atoms. The van der Waals surface area contributed by atoms with Crippen molar-refractivity contribution in [1.29, 1.82) is 0 Å². The minimum atomic E-state index is 0. The molecule has 1 aromatic carbocycles. The molecule has 4 heteroatoms. The van der Waals surface area contributed by atoms with Gasteiger partial charge in [-0.2, -0.15) is 0 Å². The fourth-order valence-electron chi connectivity index (χ4n) is 3.64. The number of aliphatic imine (C=N–C) groups is 1. The lowest BCUT2D eigenvalue weighted by atomic mass is 10.0. The summed E-state index contributed by atoms with van der Waals surface area (Å²) >= 11 is 1.82. The Morgan fingerprint density at radius 3 is 2.11 bits per heavy atom. The Labute approximate surface area is 174 Å². The minimum Gasteiger partial charge on any atom is -0.362 e. The van der Waals surface area contributed by atoms with Gasteiger partial charge in [-0.05, 0) is 29.9 Å². The monoisotopic (exact) mass is 404 g/mol. The van der Waals surface area contributed by atoms with E-state index in [-0.39, 0.29) is 18.4 Å². The van der Waals surface area contributed by atoms with Gasteiger partial charge in [-0.1, -0.05) is 81.3 Å². The van der Waals surface area contributed by atoms with E-state index in [2.05, 4.69) is 53.2 Å². The molecule has 148 valence electrons. The van der Waals surface area contributed by atoms with E-state index in [4.69, 9.17) is 4.99 Å². The fourth-order valence-corrected chi connectivity index (χ4v) is 4.44. The Hall–Kier alpha value is -1.32. The molecule has 0 amide bonds. The number of hydrogen-bond acceptors (Lipinski definition) is 3. The molecule has 0 saturated carbocycles. The second-order valence-electron chi connectivity index (χ2n) is 7.26. The normalized spacial score (nSPS) is 18.0. The van der Waals surface area contributed by atoms with Gasteiger partial charge in [-0.15, -0.1) is 23.7 Å². The van der Waals surface area contributed by atoms with E-state index in [0.29, 0.717) is 0 Å². The smallest absolute Gasteiger partial charge is 0.0970 e. The molecule has 1 aliphatic heterocycles. The highest BCUT2D eigenvalue weighted by molar-refractivity contribution is 7.10. The Kier molecular flexibility index (Phi) is 10.5. The Morgan fingerprint density at radius 2 is 1.44 bits per heavy atom. The van der Waals surface area contributed by atoms with Crippen LogP contribution in [0, 0.1) is 0 Å². The number of rotatable bonds is 3. The number of benzene rings is 1. The maximum Gasteiger partial charge on any atom is 0.0970 e. The molecule has 1 N–H and O–H groups in total. The summed E-state index contributed by atoms with van der Waals surface area (Å²) in [4.78, 5) is 6.34. The predicted octanol–water partition coefficient (Wildman–Crippen LogP) is 7.16. The number of hydrogen-bond donors (Lipinski definition) is 1. The van der Waals surface area contributed by atoms with Crippen LogP contribution in [0.3, 0.4) is 0 Å². The van der Waals surface area contributed by atoms with Crippen LogP contribution >= 0.6 is 23.7 Å². The van der Waals surface area contributed by atoms with Crippen LogP contribution in [0.15, 0.2) is 52.8 Å². The predicted molar refractivity (Wildman–Crippen MR) is 121 cm³/mol. The number of amidine groups is 1. The van der Waals surface area contributed by atoms with Crippen molar-refractivity contribution in [3.8, 4) is 0 Å². The summed E-state index contributed by atoms with van der Waals surface area (Å²) in [7, 11) is 0. The van der Waals surface area contributed by atoms with Crippen molar-refractivity contribution in [3.05, 3.63) is 58.3 Å². The summed E-state index contributed by atoms with van der Waals surface area (Å²) in [5.74, 6) is 1.20. The van der Waals surface area contributed by atoms with Crippen molar-refractivity contribution in [2.24, 2.45) is 4.99 Å². The molecule has 0 bridgehead atoms. The average molecular weight is 405 g/mol. The second kappa shape index (κ2) is 13.0. The molecule has 1 unspecified atom stereocenters. The molecule has 0 saturated heterocycles. The molecule has 1 atom stereocenters. The van der Waals surface area contributed by atoms with Gasteiger partial charge >= 0.3 is 0 Å². The van der Waals surface area contributed by atoms with E-state index >= 15 is 0 Å². The largest absolute Gasteiger partial charge is 0.362 e. The highest BCUT2D eigenvalue weighted by atomic mass is 35.5. The lowest BCUT2D eigenvalue weighted by Crippen LogP contribution is -2.29. The minimum absolute atomic E-state index is 0. The standard InChI is InChI=1S/C23H32N2S.ClH/c1-2-4-6-11-17-22(24-18-12-7-5-3-1)25-23(21-16-13-19-26-21)20-14-9-8-10-15-20;/h8-10,13-16,19,23H,1-7,11-12,17-18H2,(H,24,25);1H. The van der Waals surface area contributed by atoms with Gasteiger partial charge in [0.25, 0.3) is 0 Å². The van der Waals surface area contributed by atoms with Gasteiger partial charge in [-0.25, -0.2) is 0 Å². The summed E-state index contributed by atoms with van der Waals surface area (Å²) in [5.41, 5.74) is 1.32.